The Hall–Kier alpha value is -7.10. The largest absolute Gasteiger partial charge is 1.00 e. The molecule has 0 aliphatic carbocycles. The number of aryl methyl sites for hydroxylation is 2. The maximum atomic E-state index is 12.2. The summed E-state index contributed by atoms with van der Waals surface area (Å²) in [6.45, 7) is 8.02. The fraction of sp³-hybridized carbons (Fsp3) is 0.207. The first-order chi connectivity index (χ1) is 37.0. The third-order valence-corrected chi connectivity index (χ3v) is 12.3. The number of fused-ring (bicyclic) bond motifs is 2. The Bertz CT molecular complexity index is 3230. The topological polar surface area (TPSA) is 160 Å². The van der Waals surface area contributed by atoms with Gasteiger partial charge in [-0.15, -0.1) is 22.7 Å². The van der Waals surface area contributed by atoms with Crippen molar-refractivity contribution in [1.29, 1.82) is 0 Å². The molecule has 0 fully saturated rings. The Kier molecular flexibility index (Phi) is 28.0. The van der Waals surface area contributed by atoms with Crippen LogP contribution in [-0.2, 0) is 33.6 Å². The van der Waals surface area contributed by atoms with Crippen molar-refractivity contribution in [1.82, 2.24) is 9.97 Å². The third kappa shape index (κ3) is 26.4. The predicted octanol–water partition coefficient (Wildman–Crippen LogP) is 12.4. The zero-order chi connectivity index (χ0) is 57.3. The van der Waals surface area contributed by atoms with E-state index in [2.05, 4.69) is 139 Å². The molecular weight excluding hydrogens is 1080 g/mol. The number of benzene rings is 6. The van der Waals surface area contributed by atoms with E-state index >= 15 is 0 Å². The van der Waals surface area contributed by atoms with E-state index in [0.29, 0.717) is 6.54 Å². The first-order valence-corrected chi connectivity index (χ1v) is 25.4. The molecule has 407 valence electrons. The summed E-state index contributed by atoms with van der Waals surface area (Å²) >= 11 is 3.44. The van der Waals surface area contributed by atoms with Crippen LogP contribution in [0.3, 0.4) is 0 Å². The molecule has 6 aromatic carbocycles. The van der Waals surface area contributed by atoms with E-state index in [4.69, 9.17) is 15.7 Å². The van der Waals surface area contributed by atoms with Crippen LogP contribution in [0, 0.1) is 13.8 Å². The van der Waals surface area contributed by atoms with E-state index in [1.54, 1.807) is 22.7 Å². The van der Waals surface area contributed by atoms with Crippen LogP contribution in [-0.4, -0.2) is 61.1 Å². The van der Waals surface area contributed by atoms with Gasteiger partial charge in [-0.2, -0.15) is 26.3 Å². The van der Waals surface area contributed by atoms with Crippen LogP contribution in [0.2, 0.25) is 0 Å². The number of rotatable bonds is 12. The van der Waals surface area contributed by atoms with Crippen molar-refractivity contribution in [2.24, 2.45) is 0 Å². The Morgan fingerprint density at radius 2 is 0.949 bits per heavy atom. The number of thiazole rings is 2. The van der Waals surface area contributed by atoms with Crippen LogP contribution < -0.4 is 40.6 Å². The first kappa shape index (κ1) is 66.2. The van der Waals surface area contributed by atoms with Gasteiger partial charge in [0.05, 0.1) is 26.9 Å². The molecule has 0 saturated carbocycles. The van der Waals surface area contributed by atoms with Gasteiger partial charge in [-0.1, -0.05) is 109 Å². The summed E-state index contributed by atoms with van der Waals surface area (Å²) < 4.78 is 75.9. The average Bonchev–Trinajstić information content (AvgIpc) is 4.03. The minimum absolute atomic E-state index is 0. The summed E-state index contributed by atoms with van der Waals surface area (Å²) in [5.41, 5.74) is 18.6. The molecule has 79 heavy (non-hydrogen) atoms. The number of halogens is 6. The molecule has 11 nitrogen and oxygen atoms in total. The van der Waals surface area contributed by atoms with Gasteiger partial charge in [-0.05, 0) is 102 Å². The van der Waals surface area contributed by atoms with Gasteiger partial charge >= 0.3 is 53.8 Å². The predicted molar refractivity (Wildman–Crippen MR) is 301 cm³/mol. The fourth-order valence-corrected chi connectivity index (χ4v) is 8.49. The second kappa shape index (κ2) is 33.4. The molecule has 0 unspecified atom stereocenters. The number of hydrogen-bond acceptors (Lipinski definition) is 13. The Morgan fingerprint density at radius 1 is 0.582 bits per heavy atom. The number of hydrogen-bond donors (Lipinski definition) is 2. The molecule has 3 N–H and O–H groups in total. The number of nitrogens with zero attached hydrogens (tertiary/aromatic N) is 2. The number of alkyl halides is 6. The fourth-order valence-electron chi connectivity index (χ4n) is 6.35. The van der Waals surface area contributed by atoms with Gasteiger partial charge in [0.1, 0.15) is 16.3 Å². The van der Waals surface area contributed by atoms with Gasteiger partial charge in [-0.25, -0.2) is 29.3 Å². The molecule has 0 atom stereocenters. The molecule has 0 bridgehead atoms. The van der Waals surface area contributed by atoms with Crippen LogP contribution in [0.15, 0.2) is 133 Å². The number of nitrogens with one attached hydrogen (secondary N) is 1. The molecule has 2 aromatic heterocycles. The van der Waals surface area contributed by atoms with E-state index in [1.165, 1.54) is 27.5 Å². The molecule has 3 radical (unpaired) electrons. The van der Waals surface area contributed by atoms with Crippen LogP contribution in [0.1, 0.15) is 79.8 Å². The third-order valence-electron chi connectivity index (χ3n) is 10.1. The summed E-state index contributed by atoms with van der Waals surface area (Å²) in [5, 5.41) is 5.10. The summed E-state index contributed by atoms with van der Waals surface area (Å²) in [7, 11) is 4.32. The molecule has 8 aromatic rings. The van der Waals surface area contributed by atoms with Gasteiger partial charge < -0.3 is 28.5 Å². The summed E-state index contributed by atoms with van der Waals surface area (Å²) in [4.78, 5) is 55.6. The van der Waals surface area contributed by atoms with Crippen molar-refractivity contribution in [3.63, 3.8) is 0 Å². The molecule has 2 heterocycles. The minimum atomic E-state index is -4.18. The summed E-state index contributed by atoms with van der Waals surface area (Å²) in [6.07, 6.45) is -1.89. The number of aromatic nitrogens is 2. The monoisotopic (exact) mass is 1130 g/mol. The van der Waals surface area contributed by atoms with Gasteiger partial charge in [0.2, 0.25) is 5.97 Å². The molecule has 0 amide bonds. The SMILES string of the molecule is CC(=O)OOC(C)=O.Cc1ccc2nc(-c3ccc(/C=C/c4ccc(N)cc4)cc3)sc2c1.Cc1ccc2nc(-c3ccc(/C=C/c4ccc(NCCCC(F)(F)F)cc4)cc3)sc2c1.O=CCCC(F)(F)F.[B-]OC(C)=O.[Na+]. The number of anilines is 2. The van der Waals surface area contributed by atoms with Crippen molar-refractivity contribution in [2.45, 2.75) is 72.7 Å². The van der Waals surface area contributed by atoms with Crippen molar-refractivity contribution in [3.05, 3.63) is 167 Å². The van der Waals surface area contributed by atoms with Crippen molar-refractivity contribution >= 4 is 111 Å². The number of carbonyl (C=O) groups excluding carboxylic acids is 4. The van der Waals surface area contributed by atoms with Gasteiger partial charge in [0.15, 0.2) is 0 Å². The number of aldehydes is 1. The average molecular weight is 1130 g/mol. The summed E-state index contributed by atoms with van der Waals surface area (Å²) in [6, 6.07) is 45.0. The first-order valence-electron chi connectivity index (χ1n) is 23.8. The number of carbonyl (C=O) groups is 4. The molecule has 8 rings (SSSR count). The molecular formula is C58H55BF6N4NaO7S2. The van der Waals surface area contributed by atoms with Crippen molar-refractivity contribution < 1.29 is 89.5 Å². The number of nitrogens with two attached hydrogens (primary N) is 1. The van der Waals surface area contributed by atoms with E-state index in [1.807, 2.05) is 60.7 Å². The summed E-state index contributed by atoms with van der Waals surface area (Å²) in [5.74, 6) is -1.74. The normalized spacial score (nSPS) is 10.8. The van der Waals surface area contributed by atoms with E-state index < -0.39 is 49.5 Å². The molecule has 0 spiro atoms. The maximum absolute atomic E-state index is 12.2. The Morgan fingerprint density at radius 3 is 1.28 bits per heavy atom. The number of nitrogen functional groups attached to an aromatic ring is 1. The maximum Gasteiger partial charge on any atom is 1.00 e. The van der Waals surface area contributed by atoms with Crippen LogP contribution in [0.4, 0.5) is 37.7 Å². The molecule has 21 heteroatoms. The Balaban J connectivity index is 0.000000307. The van der Waals surface area contributed by atoms with Gasteiger partial charge in [0.25, 0.3) is 0 Å². The standard InChI is InChI=1S/C26H23F3N2S.C22H18N2S.C4H5F3O.C4H6O4.C2H3BO2.Na/c1-18-3-14-23-24(17-18)32-25(31-23)21-10-6-19(7-11-21)4-5-20-8-12-22(13-9-20)30-16-2-15-26(27,28)29;1-15-2-13-20-21(14-15)25-22(24-20)18-9-5-16(6-10-18)3-4-17-7-11-19(23)12-8-17;5-4(6,7)2-1-3-8;1-3(5)7-8-4(2)6;1-2(4)5-3;/h3-14,17,30H,2,15-16H2,1H3;2-14H,23H2,1H3;3H,1-2H2;1-2H3;1H3;/q;;;;-1;+1/b5-4+;4-3+;;;;. The van der Waals surface area contributed by atoms with Crippen molar-refractivity contribution in [2.75, 3.05) is 17.6 Å². The zero-order valence-electron chi connectivity index (χ0n) is 44.1. The van der Waals surface area contributed by atoms with E-state index in [-0.39, 0.29) is 42.3 Å². The minimum Gasteiger partial charge on any atom is -0.793 e. The van der Waals surface area contributed by atoms with Gasteiger partial charge in [-0.3, -0.25) is 4.79 Å². The van der Waals surface area contributed by atoms with E-state index in [9.17, 15) is 45.5 Å². The molecule has 0 aliphatic heterocycles. The second-order valence-corrected chi connectivity index (χ2v) is 19.0. The molecule has 0 saturated heterocycles. The van der Waals surface area contributed by atoms with Crippen LogP contribution in [0.5, 0.6) is 0 Å². The Labute approximate surface area is 485 Å². The van der Waals surface area contributed by atoms with Gasteiger partial charge in [0, 0.05) is 62.7 Å². The second-order valence-electron chi connectivity index (χ2n) is 16.9. The van der Waals surface area contributed by atoms with Crippen LogP contribution >= 0.6 is 22.7 Å². The van der Waals surface area contributed by atoms with E-state index in [0.717, 1.165) is 79.7 Å². The quantitative estimate of drug-likeness (QED) is 0.0175. The van der Waals surface area contributed by atoms with Crippen molar-refractivity contribution in [3.8, 4) is 21.1 Å². The van der Waals surface area contributed by atoms with Crippen LogP contribution in [0.25, 0.3) is 65.9 Å². The molecule has 0 aliphatic rings. The smallest absolute Gasteiger partial charge is 0.793 e. The zero-order valence-corrected chi connectivity index (χ0v) is 47.7.